The Kier molecular flexibility index (Phi) is 4.33. The summed E-state index contributed by atoms with van der Waals surface area (Å²) < 4.78 is 42.9. The molecule has 27 heavy (non-hydrogen) atoms. The highest BCUT2D eigenvalue weighted by Gasteiger charge is 2.39. The molecule has 0 unspecified atom stereocenters. The fourth-order valence-electron chi connectivity index (χ4n) is 3.46. The van der Waals surface area contributed by atoms with Crippen molar-refractivity contribution >= 4 is 16.7 Å². The molecule has 140 valence electrons. The number of amides is 1. The number of carbonyl (C=O) groups excluding carboxylic acids is 1. The van der Waals surface area contributed by atoms with Crippen molar-refractivity contribution in [3.05, 3.63) is 59.8 Å². The number of hydrogen-bond acceptors (Lipinski definition) is 4. The molecule has 0 bridgehead atoms. The first-order valence-electron chi connectivity index (χ1n) is 8.61. The van der Waals surface area contributed by atoms with Crippen LogP contribution in [0.4, 0.5) is 13.2 Å². The number of carbonyl (C=O) groups is 1. The van der Waals surface area contributed by atoms with Crippen LogP contribution in [0, 0.1) is 0 Å². The number of fused-ring (bicyclic) bond motifs is 1. The van der Waals surface area contributed by atoms with Crippen LogP contribution in [0.3, 0.4) is 0 Å². The highest BCUT2D eigenvalue weighted by molar-refractivity contribution is 6.07. The molecule has 2 aromatic carbocycles. The molecule has 3 aromatic rings. The van der Waals surface area contributed by atoms with Gasteiger partial charge in [0.15, 0.2) is 0 Å². The van der Waals surface area contributed by atoms with Gasteiger partial charge in [-0.3, -0.25) is 4.79 Å². The lowest BCUT2D eigenvalue weighted by atomic mass is 9.96. The lowest BCUT2D eigenvalue weighted by Gasteiger charge is -2.31. The Morgan fingerprint density at radius 1 is 1.11 bits per heavy atom. The average Bonchev–Trinajstić information content (AvgIpc) is 3.18. The summed E-state index contributed by atoms with van der Waals surface area (Å²) in [6.45, 7) is 0.792. The summed E-state index contributed by atoms with van der Waals surface area (Å²) in [6.07, 6.45) is -3.41. The summed E-state index contributed by atoms with van der Waals surface area (Å²) in [5.74, 6) is -1.97. The Labute approximate surface area is 152 Å². The predicted octanol–water partition coefficient (Wildman–Crippen LogP) is 4.26. The van der Waals surface area contributed by atoms with Crippen LogP contribution >= 0.6 is 0 Å². The van der Waals surface area contributed by atoms with Crippen LogP contribution < -0.4 is 0 Å². The maximum atomic E-state index is 13.0. The van der Waals surface area contributed by atoms with Crippen molar-refractivity contribution < 1.29 is 22.4 Å². The first-order valence-corrected chi connectivity index (χ1v) is 8.61. The van der Waals surface area contributed by atoms with Crippen LogP contribution in [0.25, 0.3) is 10.8 Å². The zero-order valence-electron chi connectivity index (χ0n) is 14.2. The molecule has 0 spiro atoms. The molecule has 1 amide bonds. The van der Waals surface area contributed by atoms with E-state index in [1.165, 1.54) is 0 Å². The van der Waals surface area contributed by atoms with Gasteiger partial charge in [0.05, 0.1) is 5.92 Å². The van der Waals surface area contributed by atoms with Crippen LogP contribution in [0.5, 0.6) is 0 Å². The maximum Gasteiger partial charge on any atom is 0.470 e. The van der Waals surface area contributed by atoms with Gasteiger partial charge in [-0.25, -0.2) is 0 Å². The zero-order chi connectivity index (χ0) is 19.0. The van der Waals surface area contributed by atoms with Gasteiger partial charge in [-0.15, -0.1) is 10.2 Å². The fourth-order valence-corrected chi connectivity index (χ4v) is 3.46. The van der Waals surface area contributed by atoms with E-state index < -0.39 is 18.0 Å². The lowest BCUT2D eigenvalue weighted by molar-refractivity contribution is -0.157. The Bertz CT molecular complexity index is 978. The smallest absolute Gasteiger partial charge is 0.417 e. The molecule has 1 atom stereocenters. The second kappa shape index (κ2) is 6.68. The number of nitrogens with zero attached hydrogens (tertiary/aromatic N) is 3. The molecular formula is C19H16F3N3O2. The van der Waals surface area contributed by atoms with Gasteiger partial charge in [0.2, 0.25) is 5.89 Å². The topological polar surface area (TPSA) is 59.2 Å². The van der Waals surface area contributed by atoms with Crippen LogP contribution in [0.15, 0.2) is 46.9 Å². The van der Waals surface area contributed by atoms with E-state index in [9.17, 15) is 18.0 Å². The Morgan fingerprint density at radius 3 is 2.67 bits per heavy atom. The molecule has 4 rings (SSSR count). The number of rotatable bonds is 2. The van der Waals surface area contributed by atoms with E-state index in [0.717, 1.165) is 10.8 Å². The second-order valence-corrected chi connectivity index (χ2v) is 6.56. The van der Waals surface area contributed by atoms with Gasteiger partial charge in [-0.05, 0) is 29.7 Å². The third-order valence-electron chi connectivity index (χ3n) is 4.76. The maximum absolute atomic E-state index is 13.0. The van der Waals surface area contributed by atoms with Crippen molar-refractivity contribution in [2.24, 2.45) is 0 Å². The first kappa shape index (κ1) is 17.5. The predicted molar refractivity (Wildman–Crippen MR) is 91.1 cm³/mol. The molecule has 0 aliphatic carbocycles. The summed E-state index contributed by atoms with van der Waals surface area (Å²) in [5.41, 5.74) is 0.579. The van der Waals surface area contributed by atoms with Crippen molar-refractivity contribution in [2.75, 3.05) is 13.1 Å². The van der Waals surface area contributed by atoms with E-state index in [4.69, 9.17) is 4.42 Å². The van der Waals surface area contributed by atoms with Gasteiger partial charge < -0.3 is 9.32 Å². The van der Waals surface area contributed by atoms with Crippen molar-refractivity contribution in [3.8, 4) is 0 Å². The molecule has 1 saturated heterocycles. The third-order valence-corrected chi connectivity index (χ3v) is 4.76. The number of benzene rings is 2. The van der Waals surface area contributed by atoms with Gasteiger partial charge >= 0.3 is 12.1 Å². The normalized spacial score (nSPS) is 18.0. The molecule has 1 aromatic heterocycles. The molecule has 1 aliphatic rings. The fraction of sp³-hybridized carbons (Fsp3) is 0.316. The van der Waals surface area contributed by atoms with Crippen LogP contribution in [0.2, 0.25) is 0 Å². The van der Waals surface area contributed by atoms with Crippen molar-refractivity contribution in [3.63, 3.8) is 0 Å². The van der Waals surface area contributed by atoms with Gasteiger partial charge in [-0.2, -0.15) is 13.2 Å². The zero-order valence-corrected chi connectivity index (χ0v) is 14.2. The molecule has 2 heterocycles. The van der Waals surface area contributed by atoms with Crippen molar-refractivity contribution in [1.82, 2.24) is 15.1 Å². The van der Waals surface area contributed by atoms with Crippen LogP contribution in [-0.2, 0) is 6.18 Å². The van der Waals surface area contributed by atoms with Crippen LogP contribution in [-0.4, -0.2) is 34.1 Å². The van der Waals surface area contributed by atoms with Crippen molar-refractivity contribution in [1.29, 1.82) is 0 Å². The van der Waals surface area contributed by atoms with E-state index in [1.54, 1.807) is 11.0 Å². The Morgan fingerprint density at radius 2 is 1.89 bits per heavy atom. The minimum atomic E-state index is -4.67. The highest BCUT2D eigenvalue weighted by atomic mass is 19.4. The Hall–Kier alpha value is -2.90. The summed E-state index contributed by atoms with van der Waals surface area (Å²) in [4.78, 5) is 14.7. The Balaban J connectivity index is 1.57. The SMILES string of the molecule is O=C(c1cccc2ccccc12)N1CCC[C@H](c2nnc(C(F)(F)F)o2)C1. The minimum absolute atomic E-state index is 0.0715. The van der Waals surface area contributed by atoms with Gasteiger partial charge in [0, 0.05) is 18.7 Å². The van der Waals surface area contributed by atoms with E-state index in [1.807, 2.05) is 36.4 Å². The monoisotopic (exact) mass is 375 g/mol. The molecular weight excluding hydrogens is 359 g/mol. The number of likely N-dealkylation sites (tertiary alicyclic amines) is 1. The number of alkyl halides is 3. The molecule has 5 nitrogen and oxygen atoms in total. The van der Waals surface area contributed by atoms with Crippen molar-refractivity contribution in [2.45, 2.75) is 24.9 Å². The second-order valence-electron chi connectivity index (χ2n) is 6.56. The third kappa shape index (κ3) is 3.39. The number of hydrogen-bond donors (Lipinski definition) is 0. The highest BCUT2D eigenvalue weighted by Crippen LogP contribution is 2.32. The lowest BCUT2D eigenvalue weighted by Crippen LogP contribution is -2.39. The summed E-state index contributed by atoms with van der Waals surface area (Å²) in [7, 11) is 0. The van der Waals surface area contributed by atoms with E-state index >= 15 is 0 Å². The molecule has 8 heteroatoms. The van der Waals surface area contributed by atoms with Gasteiger partial charge in [-0.1, -0.05) is 36.4 Å². The summed E-state index contributed by atoms with van der Waals surface area (Å²) >= 11 is 0. The number of aromatic nitrogens is 2. The quantitative estimate of drug-likeness (QED) is 0.672. The molecule has 0 N–H and O–H groups in total. The first-order chi connectivity index (χ1) is 12.9. The molecule has 0 radical (unpaired) electrons. The number of halogens is 3. The number of piperidine rings is 1. The average molecular weight is 375 g/mol. The van der Waals surface area contributed by atoms with Gasteiger partial charge in [0.1, 0.15) is 0 Å². The molecule has 0 saturated carbocycles. The molecule has 1 aliphatic heterocycles. The largest absolute Gasteiger partial charge is 0.470 e. The van der Waals surface area contributed by atoms with E-state index in [-0.39, 0.29) is 18.3 Å². The summed E-state index contributed by atoms with van der Waals surface area (Å²) in [5, 5.41) is 8.45. The van der Waals surface area contributed by atoms with E-state index in [0.29, 0.717) is 24.9 Å². The van der Waals surface area contributed by atoms with Crippen LogP contribution in [0.1, 0.15) is 40.9 Å². The standard InChI is InChI=1S/C19H16F3N3O2/c20-19(21,22)18-24-23-16(27-18)13-7-4-10-25(11-13)17(26)15-9-3-6-12-5-1-2-8-14(12)15/h1-3,5-6,8-9,13H,4,7,10-11H2/t13-/m0/s1. The molecule has 1 fully saturated rings. The van der Waals surface area contributed by atoms with E-state index in [2.05, 4.69) is 10.2 Å². The van der Waals surface area contributed by atoms with Gasteiger partial charge in [0.25, 0.3) is 5.91 Å². The minimum Gasteiger partial charge on any atom is -0.417 e. The summed E-state index contributed by atoms with van der Waals surface area (Å²) in [6, 6.07) is 13.1.